The fourth-order valence-corrected chi connectivity index (χ4v) is 2.64. The van der Waals surface area contributed by atoms with E-state index in [4.69, 9.17) is 11.6 Å². The third kappa shape index (κ3) is 5.39. The Kier molecular flexibility index (Phi) is 6.53. The number of amides is 1. The highest BCUT2D eigenvalue weighted by atomic mass is 35.5. The minimum absolute atomic E-state index is 0.0821. The summed E-state index contributed by atoms with van der Waals surface area (Å²) in [5.41, 5.74) is 0.409. The predicted molar refractivity (Wildman–Crippen MR) is 97.0 cm³/mol. The van der Waals surface area contributed by atoms with Crippen molar-refractivity contribution in [2.75, 3.05) is 5.32 Å². The zero-order chi connectivity index (χ0) is 19.3. The van der Waals surface area contributed by atoms with Crippen molar-refractivity contribution in [3.8, 4) is 0 Å². The van der Waals surface area contributed by atoms with Crippen molar-refractivity contribution in [3.05, 3.63) is 64.7 Å². The maximum absolute atomic E-state index is 12.7. The van der Waals surface area contributed by atoms with Gasteiger partial charge in [0.2, 0.25) is 5.91 Å². The van der Waals surface area contributed by atoms with Gasteiger partial charge in [0.1, 0.15) is 6.04 Å². The van der Waals surface area contributed by atoms with Crippen LogP contribution in [-0.4, -0.2) is 11.9 Å². The van der Waals surface area contributed by atoms with E-state index < -0.39 is 17.8 Å². The normalized spacial score (nSPS) is 12.7. The molecule has 1 amide bonds. The SMILES string of the molecule is CC(C)[C@@H](Nc1ccc(C(F)(F)F)cc1Cl)C(=O)NCc1ccccc1. The molecule has 0 saturated carbocycles. The predicted octanol–water partition coefficient (Wildman–Crippen LogP) is 5.11. The summed E-state index contributed by atoms with van der Waals surface area (Å²) in [5.74, 6) is -0.344. The molecule has 2 rings (SSSR count). The molecule has 0 heterocycles. The number of hydrogen-bond donors (Lipinski definition) is 2. The fraction of sp³-hybridized carbons (Fsp3) is 0.316. The second kappa shape index (κ2) is 8.45. The van der Waals surface area contributed by atoms with Crippen molar-refractivity contribution in [2.45, 2.75) is 32.6 Å². The number of anilines is 1. The van der Waals surface area contributed by atoms with Crippen molar-refractivity contribution in [3.63, 3.8) is 0 Å². The van der Waals surface area contributed by atoms with Gasteiger partial charge in [-0.1, -0.05) is 55.8 Å². The van der Waals surface area contributed by atoms with Crippen molar-refractivity contribution in [2.24, 2.45) is 5.92 Å². The Bertz CT molecular complexity index is 748. The highest BCUT2D eigenvalue weighted by molar-refractivity contribution is 6.33. The van der Waals surface area contributed by atoms with Gasteiger partial charge in [0.05, 0.1) is 16.3 Å². The van der Waals surface area contributed by atoms with E-state index in [-0.39, 0.29) is 22.5 Å². The molecule has 26 heavy (non-hydrogen) atoms. The van der Waals surface area contributed by atoms with Gasteiger partial charge in [-0.15, -0.1) is 0 Å². The molecule has 0 bridgehead atoms. The van der Waals surface area contributed by atoms with Gasteiger partial charge in [-0.25, -0.2) is 0 Å². The maximum atomic E-state index is 12.7. The van der Waals surface area contributed by atoms with Gasteiger partial charge in [0, 0.05) is 6.54 Å². The zero-order valence-corrected chi connectivity index (χ0v) is 15.2. The molecule has 0 aliphatic carbocycles. The van der Waals surface area contributed by atoms with E-state index in [1.54, 1.807) is 0 Å². The molecule has 2 aromatic rings. The van der Waals surface area contributed by atoms with Crippen molar-refractivity contribution >= 4 is 23.2 Å². The van der Waals surface area contributed by atoms with Crippen molar-refractivity contribution in [1.82, 2.24) is 5.32 Å². The molecule has 3 nitrogen and oxygen atoms in total. The molecule has 0 radical (unpaired) electrons. The van der Waals surface area contributed by atoms with Crippen LogP contribution in [0.2, 0.25) is 5.02 Å². The number of hydrogen-bond acceptors (Lipinski definition) is 2. The minimum atomic E-state index is -4.47. The molecule has 0 fully saturated rings. The molecular formula is C19H20ClF3N2O. The number of rotatable bonds is 6. The number of halogens is 4. The van der Waals surface area contributed by atoms with Crippen LogP contribution in [0.3, 0.4) is 0 Å². The first-order valence-electron chi connectivity index (χ1n) is 8.13. The minimum Gasteiger partial charge on any atom is -0.372 e. The van der Waals surface area contributed by atoms with Crippen LogP contribution in [0.4, 0.5) is 18.9 Å². The van der Waals surface area contributed by atoms with E-state index in [0.29, 0.717) is 6.54 Å². The first kappa shape index (κ1) is 20.1. The Morgan fingerprint density at radius 2 is 1.77 bits per heavy atom. The van der Waals surface area contributed by atoms with E-state index >= 15 is 0 Å². The number of alkyl halides is 3. The summed E-state index contributed by atoms with van der Waals surface area (Å²) in [6.45, 7) is 4.06. The largest absolute Gasteiger partial charge is 0.416 e. The summed E-state index contributed by atoms with van der Waals surface area (Å²) < 4.78 is 38.2. The lowest BCUT2D eigenvalue weighted by molar-refractivity contribution is -0.137. The Hall–Kier alpha value is -2.21. The van der Waals surface area contributed by atoms with Crippen LogP contribution in [-0.2, 0) is 17.5 Å². The number of carbonyl (C=O) groups excluding carboxylic acids is 1. The molecule has 2 N–H and O–H groups in total. The lowest BCUT2D eigenvalue weighted by Crippen LogP contribution is -2.42. The quantitative estimate of drug-likeness (QED) is 0.726. The van der Waals surface area contributed by atoms with Gasteiger partial charge >= 0.3 is 6.18 Å². The Labute approximate surface area is 155 Å². The van der Waals surface area contributed by atoms with Gasteiger partial charge in [-0.05, 0) is 29.7 Å². The smallest absolute Gasteiger partial charge is 0.372 e. The maximum Gasteiger partial charge on any atom is 0.416 e. The van der Waals surface area contributed by atoms with Gasteiger partial charge < -0.3 is 10.6 Å². The van der Waals surface area contributed by atoms with Crippen LogP contribution in [0.1, 0.15) is 25.0 Å². The van der Waals surface area contributed by atoms with Crippen LogP contribution in [0.25, 0.3) is 0 Å². The molecule has 2 aromatic carbocycles. The van der Waals surface area contributed by atoms with Crippen LogP contribution < -0.4 is 10.6 Å². The molecule has 140 valence electrons. The second-order valence-electron chi connectivity index (χ2n) is 6.26. The molecule has 0 unspecified atom stereocenters. The first-order chi connectivity index (χ1) is 12.2. The monoisotopic (exact) mass is 384 g/mol. The zero-order valence-electron chi connectivity index (χ0n) is 14.4. The third-order valence-corrected chi connectivity index (χ3v) is 4.18. The Balaban J connectivity index is 2.09. The summed E-state index contributed by atoms with van der Waals surface area (Å²) in [5, 5.41) is 5.70. The summed E-state index contributed by atoms with van der Waals surface area (Å²) in [6.07, 6.45) is -4.47. The van der Waals surface area contributed by atoms with Gasteiger partial charge in [-0.2, -0.15) is 13.2 Å². The van der Waals surface area contributed by atoms with Crippen LogP contribution >= 0.6 is 11.6 Å². The standard InChI is InChI=1S/C19H20ClF3N2O/c1-12(2)17(18(26)24-11-13-6-4-3-5-7-13)25-16-9-8-14(10-15(16)20)19(21,22)23/h3-10,12,17,25H,11H2,1-2H3,(H,24,26)/t17-/m1/s1. The van der Waals surface area contributed by atoms with Crippen molar-refractivity contribution in [1.29, 1.82) is 0 Å². The Morgan fingerprint density at radius 3 is 2.31 bits per heavy atom. The topological polar surface area (TPSA) is 41.1 Å². The van der Waals surface area contributed by atoms with Crippen LogP contribution in [0.15, 0.2) is 48.5 Å². The van der Waals surface area contributed by atoms with E-state index in [1.807, 2.05) is 44.2 Å². The molecule has 0 aromatic heterocycles. The van der Waals surface area contributed by atoms with Crippen LogP contribution in [0.5, 0.6) is 0 Å². The second-order valence-corrected chi connectivity index (χ2v) is 6.67. The molecule has 0 aliphatic rings. The third-order valence-electron chi connectivity index (χ3n) is 3.87. The molecule has 0 aliphatic heterocycles. The number of nitrogens with one attached hydrogen (secondary N) is 2. The molecule has 0 saturated heterocycles. The van der Waals surface area contributed by atoms with E-state index in [9.17, 15) is 18.0 Å². The summed E-state index contributed by atoms with van der Waals surface area (Å²) in [4.78, 5) is 12.5. The summed E-state index contributed by atoms with van der Waals surface area (Å²) >= 11 is 5.97. The van der Waals surface area contributed by atoms with Gasteiger partial charge in [0.25, 0.3) is 0 Å². The van der Waals surface area contributed by atoms with Crippen molar-refractivity contribution < 1.29 is 18.0 Å². The molecule has 7 heteroatoms. The molecule has 1 atom stereocenters. The number of carbonyl (C=O) groups is 1. The van der Waals surface area contributed by atoms with Gasteiger partial charge in [-0.3, -0.25) is 4.79 Å². The van der Waals surface area contributed by atoms with E-state index in [0.717, 1.165) is 17.7 Å². The fourth-order valence-electron chi connectivity index (χ4n) is 2.41. The summed E-state index contributed by atoms with van der Waals surface area (Å²) in [7, 11) is 0. The summed E-state index contributed by atoms with van der Waals surface area (Å²) in [6, 6.07) is 11.8. The lowest BCUT2D eigenvalue weighted by Gasteiger charge is -2.23. The molecular weight excluding hydrogens is 365 g/mol. The highest BCUT2D eigenvalue weighted by Crippen LogP contribution is 2.34. The van der Waals surface area contributed by atoms with Gasteiger partial charge in [0.15, 0.2) is 0 Å². The Morgan fingerprint density at radius 1 is 1.12 bits per heavy atom. The lowest BCUT2D eigenvalue weighted by atomic mass is 10.0. The van der Waals surface area contributed by atoms with E-state index in [2.05, 4.69) is 10.6 Å². The average Bonchev–Trinajstić information content (AvgIpc) is 2.58. The highest BCUT2D eigenvalue weighted by Gasteiger charge is 2.31. The van der Waals surface area contributed by atoms with Crippen LogP contribution in [0, 0.1) is 5.92 Å². The average molecular weight is 385 g/mol. The first-order valence-corrected chi connectivity index (χ1v) is 8.51. The van der Waals surface area contributed by atoms with E-state index in [1.165, 1.54) is 6.07 Å². The number of benzene rings is 2. The molecule has 0 spiro atoms.